The van der Waals surface area contributed by atoms with Crippen LogP contribution in [0.5, 0.6) is 0 Å². The van der Waals surface area contributed by atoms with Gasteiger partial charge in [-0.1, -0.05) is 38.8 Å². The zero-order valence-corrected chi connectivity index (χ0v) is 6.71. The monoisotopic (exact) mass is 212 g/mol. The molecule has 1 rings (SSSR count). The maximum absolute atomic E-state index is 3.47. The van der Waals surface area contributed by atoms with E-state index in [1.807, 2.05) is 0 Å². The minimum atomic E-state index is 0.333. The molecule has 0 aromatic heterocycles. The van der Waals surface area contributed by atoms with Gasteiger partial charge in [-0.25, -0.2) is 0 Å². The van der Waals surface area contributed by atoms with Crippen LogP contribution in [0.25, 0.3) is 0 Å². The Labute approximate surface area is 54.6 Å². The highest BCUT2D eigenvalue weighted by atomic mass is 79.9. The fraction of sp³-hybridized carbons (Fsp3) is 1.00. The molecule has 0 unspecified atom stereocenters. The highest BCUT2D eigenvalue weighted by molar-refractivity contribution is 9.25. The third kappa shape index (κ3) is 0.784. The van der Waals surface area contributed by atoms with Gasteiger partial charge in [0.15, 0.2) is 0 Å². The second kappa shape index (κ2) is 1.22. The first-order valence-electron chi connectivity index (χ1n) is 2.01. The molecule has 0 N–H and O–H groups in total. The first kappa shape index (κ1) is 5.10. The molecule has 0 spiro atoms. The summed E-state index contributed by atoms with van der Waals surface area (Å²) in [5.41, 5.74) is 0. The molecule has 0 radical (unpaired) electrons. The molecule has 0 aromatic rings. The van der Waals surface area contributed by atoms with Crippen LogP contribution >= 0.6 is 31.9 Å². The molecule has 0 heterocycles. The summed E-state index contributed by atoms with van der Waals surface area (Å²) in [6, 6.07) is 0. The Bertz CT molecular complexity index is 67.9. The van der Waals surface area contributed by atoms with Gasteiger partial charge in [-0.2, -0.15) is 0 Å². The molecule has 1 aliphatic rings. The molecular formula is C4H6Br2. The van der Waals surface area contributed by atoms with Gasteiger partial charge in [0.05, 0.1) is 3.23 Å². The van der Waals surface area contributed by atoms with Crippen LogP contribution in [0.1, 0.15) is 13.3 Å². The predicted molar refractivity (Wildman–Crippen MR) is 34.4 cm³/mol. The van der Waals surface area contributed by atoms with Crippen LogP contribution in [0.4, 0.5) is 0 Å². The Morgan fingerprint density at radius 1 is 1.67 bits per heavy atom. The predicted octanol–water partition coefficient (Wildman–Crippen LogP) is 2.51. The van der Waals surface area contributed by atoms with Crippen molar-refractivity contribution in [2.24, 2.45) is 5.92 Å². The Morgan fingerprint density at radius 2 is 1.83 bits per heavy atom. The van der Waals surface area contributed by atoms with Crippen LogP contribution in [0.15, 0.2) is 0 Å². The average Bonchev–Trinajstić information content (AvgIpc) is 1.73. The lowest BCUT2D eigenvalue weighted by Gasteiger charge is -1.86. The van der Waals surface area contributed by atoms with Crippen molar-refractivity contribution in [1.82, 2.24) is 0 Å². The molecule has 0 aromatic carbocycles. The second-order valence-electron chi connectivity index (χ2n) is 1.87. The van der Waals surface area contributed by atoms with Gasteiger partial charge in [-0.15, -0.1) is 0 Å². The van der Waals surface area contributed by atoms with E-state index in [0.717, 1.165) is 5.92 Å². The van der Waals surface area contributed by atoms with Crippen LogP contribution in [0.2, 0.25) is 0 Å². The van der Waals surface area contributed by atoms with Gasteiger partial charge in [0.1, 0.15) is 0 Å². The van der Waals surface area contributed by atoms with Gasteiger partial charge in [-0.05, 0) is 12.3 Å². The van der Waals surface area contributed by atoms with E-state index in [1.165, 1.54) is 6.42 Å². The fourth-order valence-electron chi connectivity index (χ4n) is 0.349. The van der Waals surface area contributed by atoms with Gasteiger partial charge in [0.2, 0.25) is 0 Å². The summed E-state index contributed by atoms with van der Waals surface area (Å²) < 4.78 is 0.333. The zero-order chi connectivity index (χ0) is 4.78. The van der Waals surface area contributed by atoms with Crippen molar-refractivity contribution in [2.45, 2.75) is 16.6 Å². The molecular weight excluding hydrogens is 208 g/mol. The normalized spacial score (nSPS) is 39.5. The third-order valence-corrected chi connectivity index (χ3v) is 3.35. The summed E-state index contributed by atoms with van der Waals surface area (Å²) in [6.45, 7) is 2.21. The molecule has 1 fully saturated rings. The lowest BCUT2D eigenvalue weighted by atomic mass is 10.5. The van der Waals surface area contributed by atoms with E-state index in [2.05, 4.69) is 38.8 Å². The van der Waals surface area contributed by atoms with Crippen molar-refractivity contribution in [1.29, 1.82) is 0 Å². The molecule has 0 bridgehead atoms. The van der Waals surface area contributed by atoms with Gasteiger partial charge in [0.25, 0.3) is 0 Å². The van der Waals surface area contributed by atoms with E-state index in [4.69, 9.17) is 0 Å². The van der Waals surface area contributed by atoms with Gasteiger partial charge >= 0.3 is 0 Å². The molecule has 1 saturated carbocycles. The summed E-state index contributed by atoms with van der Waals surface area (Å²) in [4.78, 5) is 0. The summed E-state index contributed by atoms with van der Waals surface area (Å²) in [7, 11) is 0. The van der Waals surface area contributed by atoms with E-state index in [9.17, 15) is 0 Å². The second-order valence-corrected chi connectivity index (χ2v) is 5.76. The number of hydrogen-bond acceptors (Lipinski definition) is 0. The number of rotatable bonds is 0. The molecule has 1 atom stereocenters. The van der Waals surface area contributed by atoms with E-state index in [1.54, 1.807) is 0 Å². The molecule has 36 valence electrons. The first-order valence-corrected chi connectivity index (χ1v) is 3.59. The highest BCUT2D eigenvalue weighted by Gasteiger charge is 2.46. The van der Waals surface area contributed by atoms with Gasteiger partial charge < -0.3 is 0 Å². The summed E-state index contributed by atoms with van der Waals surface area (Å²) in [5.74, 6) is 0.831. The lowest BCUT2D eigenvalue weighted by molar-refractivity contribution is 0.981. The smallest absolute Gasteiger partial charge is 0.0724 e. The van der Waals surface area contributed by atoms with Crippen LogP contribution in [0, 0.1) is 5.92 Å². The van der Waals surface area contributed by atoms with Gasteiger partial charge in [-0.3, -0.25) is 0 Å². The summed E-state index contributed by atoms with van der Waals surface area (Å²) in [6.07, 6.45) is 1.27. The van der Waals surface area contributed by atoms with Crippen molar-refractivity contribution in [3.05, 3.63) is 0 Å². The first-order chi connectivity index (χ1) is 2.63. The average molecular weight is 214 g/mol. The molecule has 2 heteroatoms. The maximum atomic E-state index is 3.47. The largest absolute Gasteiger partial charge is 0.0835 e. The molecule has 1 aliphatic carbocycles. The highest BCUT2D eigenvalue weighted by Crippen LogP contribution is 2.55. The van der Waals surface area contributed by atoms with Crippen LogP contribution in [0.3, 0.4) is 0 Å². The summed E-state index contributed by atoms with van der Waals surface area (Å²) >= 11 is 6.94. The van der Waals surface area contributed by atoms with Crippen molar-refractivity contribution < 1.29 is 0 Å². The minimum absolute atomic E-state index is 0.333. The van der Waals surface area contributed by atoms with E-state index < -0.39 is 0 Å². The summed E-state index contributed by atoms with van der Waals surface area (Å²) in [5, 5.41) is 0. The van der Waals surface area contributed by atoms with E-state index in [0.29, 0.717) is 3.23 Å². The fourth-order valence-corrected chi connectivity index (χ4v) is 1.32. The van der Waals surface area contributed by atoms with Crippen molar-refractivity contribution in [2.75, 3.05) is 0 Å². The van der Waals surface area contributed by atoms with Crippen molar-refractivity contribution in [3.63, 3.8) is 0 Å². The number of alkyl halides is 2. The number of hydrogen-bond donors (Lipinski definition) is 0. The lowest BCUT2D eigenvalue weighted by Crippen LogP contribution is -1.79. The standard InChI is InChI=1S/C4H6Br2/c1-3-2-4(3,5)6/h3H,2H2,1H3/t3-/m1/s1. The number of halogens is 2. The molecule has 6 heavy (non-hydrogen) atoms. The Morgan fingerprint density at radius 3 is 1.83 bits per heavy atom. The molecule has 0 amide bonds. The minimum Gasteiger partial charge on any atom is -0.0724 e. The van der Waals surface area contributed by atoms with Crippen LogP contribution in [-0.2, 0) is 0 Å². The molecule has 0 aliphatic heterocycles. The third-order valence-electron chi connectivity index (χ3n) is 1.14. The molecule has 0 nitrogen and oxygen atoms in total. The van der Waals surface area contributed by atoms with Gasteiger partial charge in [0, 0.05) is 0 Å². The maximum Gasteiger partial charge on any atom is 0.0835 e. The van der Waals surface area contributed by atoms with Crippen molar-refractivity contribution >= 4 is 31.9 Å². The Kier molecular flexibility index (Phi) is 1.04. The molecule has 0 saturated heterocycles. The Balaban J connectivity index is 2.41. The topological polar surface area (TPSA) is 0 Å². The van der Waals surface area contributed by atoms with E-state index >= 15 is 0 Å². The van der Waals surface area contributed by atoms with Crippen molar-refractivity contribution in [3.8, 4) is 0 Å². The Hall–Kier alpha value is 0.960. The van der Waals surface area contributed by atoms with E-state index in [-0.39, 0.29) is 0 Å². The SMILES string of the molecule is C[C@@H]1CC1(Br)Br. The quantitative estimate of drug-likeness (QED) is 0.543. The van der Waals surface area contributed by atoms with Crippen LogP contribution < -0.4 is 0 Å². The zero-order valence-electron chi connectivity index (χ0n) is 3.54. The van der Waals surface area contributed by atoms with Crippen LogP contribution in [-0.4, -0.2) is 3.23 Å².